The second kappa shape index (κ2) is 7.36. The molecule has 2 aromatic carbocycles. The van der Waals surface area contributed by atoms with E-state index in [-0.39, 0.29) is 23.3 Å². The molecule has 4 rings (SSSR count). The van der Waals surface area contributed by atoms with E-state index in [4.69, 9.17) is 0 Å². The SMILES string of the molecule is Cc1ccc(S(=O)(=O)N2C[C@@H](c3ccccc3)C3(CCCCCC3)C2=O)cc1. The Hall–Kier alpha value is -2.14. The summed E-state index contributed by atoms with van der Waals surface area (Å²) in [4.78, 5) is 13.9. The van der Waals surface area contributed by atoms with Crippen molar-refractivity contribution < 1.29 is 13.2 Å². The third kappa shape index (κ3) is 3.16. The predicted octanol–water partition coefficient (Wildman–Crippen LogP) is 4.65. The Kier molecular flexibility index (Phi) is 5.04. The number of hydrogen-bond acceptors (Lipinski definition) is 3. The minimum atomic E-state index is -3.85. The van der Waals surface area contributed by atoms with Gasteiger partial charge in [-0.1, -0.05) is 73.7 Å². The van der Waals surface area contributed by atoms with Crippen molar-refractivity contribution in [1.29, 1.82) is 0 Å². The molecule has 0 radical (unpaired) electrons. The van der Waals surface area contributed by atoms with Gasteiger partial charge in [0.15, 0.2) is 0 Å². The molecule has 2 aromatic rings. The highest BCUT2D eigenvalue weighted by molar-refractivity contribution is 7.89. The average molecular weight is 398 g/mol. The summed E-state index contributed by atoms with van der Waals surface area (Å²) in [7, 11) is -3.85. The maximum atomic E-state index is 13.7. The molecule has 1 saturated carbocycles. The molecular weight excluding hydrogens is 370 g/mol. The number of sulfonamides is 1. The lowest BCUT2D eigenvalue weighted by atomic mass is 9.69. The molecule has 0 aromatic heterocycles. The first kappa shape index (κ1) is 19.2. The molecule has 0 bridgehead atoms. The van der Waals surface area contributed by atoms with Crippen molar-refractivity contribution in [3.63, 3.8) is 0 Å². The minimum Gasteiger partial charge on any atom is -0.273 e. The fourth-order valence-electron chi connectivity index (χ4n) is 4.90. The summed E-state index contributed by atoms with van der Waals surface area (Å²) in [6.07, 6.45) is 5.72. The van der Waals surface area contributed by atoms with Gasteiger partial charge >= 0.3 is 0 Å². The van der Waals surface area contributed by atoms with Crippen molar-refractivity contribution in [2.24, 2.45) is 5.41 Å². The summed E-state index contributed by atoms with van der Waals surface area (Å²) in [5.74, 6) is -0.289. The average Bonchev–Trinajstić information content (AvgIpc) is 2.85. The van der Waals surface area contributed by atoms with Gasteiger partial charge in [0.2, 0.25) is 5.91 Å². The molecule has 28 heavy (non-hydrogen) atoms. The molecule has 148 valence electrons. The largest absolute Gasteiger partial charge is 0.273 e. The maximum Gasteiger partial charge on any atom is 0.266 e. The van der Waals surface area contributed by atoms with Gasteiger partial charge in [0.05, 0.1) is 10.3 Å². The first-order valence-corrected chi connectivity index (χ1v) is 11.6. The number of aryl methyl sites for hydroxylation is 1. The smallest absolute Gasteiger partial charge is 0.266 e. The van der Waals surface area contributed by atoms with Gasteiger partial charge in [-0.25, -0.2) is 12.7 Å². The van der Waals surface area contributed by atoms with Gasteiger partial charge in [0.1, 0.15) is 0 Å². The van der Waals surface area contributed by atoms with Crippen LogP contribution in [0, 0.1) is 12.3 Å². The molecule has 1 atom stereocenters. The number of benzene rings is 2. The van der Waals surface area contributed by atoms with Crippen molar-refractivity contribution in [3.05, 3.63) is 65.7 Å². The summed E-state index contributed by atoms with van der Waals surface area (Å²) >= 11 is 0. The van der Waals surface area contributed by atoms with Gasteiger partial charge in [-0.2, -0.15) is 0 Å². The summed E-state index contributed by atoms with van der Waals surface area (Å²) in [6.45, 7) is 2.16. The van der Waals surface area contributed by atoms with E-state index in [1.165, 1.54) is 4.31 Å². The van der Waals surface area contributed by atoms with Crippen molar-refractivity contribution in [2.75, 3.05) is 6.54 Å². The van der Waals surface area contributed by atoms with Crippen molar-refractivity contribution in [3.8, 4) is 0 Å². The van der Waals surface area contributed by atoms with Crippen molar-refractivity contribution >= 4 is 15.9 Å². The third-order valence-electron chi connectivity index (χ3n) is 6.47. The molecule has 1 spiro atoms. The zero-order valence-electron chi connectivity index (χ0n) is 16.3. The number of rotatable bonds is 3. The fourth-order valence-corrected chi connectivity index (χ4v) is 6.38. The molecule has 1 saturated heterocycles. The van der Waals surface area contributed by atoms with Crippen LogP contribution < -0.4 is 0 Å². The summed E-state index contributed by atoms with van der Waals surface area (Å²) in [6, 6.07) is 16.7. The highest BCUT2D eigenvalue weighted by Crippen LogP contribution is 2.53. The molecule has 1 aliphatic heterocycles. The van der Waals surface area contributed by atoms with Gasteiger partial charge in [-0.15, -0.1) is 0 Å². The molecule has 4 nitrogen and oxygen atoms in total. The van der Waals surface area contributed by atoms with Crippen LogP contribution in [0.3, 0.4) is 0 Å². The Morgan fingerprint density at radius 2 is 1.50 bits per heavy atom. The van der Waals surface area contributed by atoms with Gasteiger partial charge in [-0.05, 0) is 37.5 Å². The van der Waals surface area contributed by atoms with E-state index < -0.39 is 15.4 Å². The fraction of sp³-hybridized carbons (Fsp3) is 0.435. The van der Waals surface area contributed by atoms with E-state index in [2.05, 4.69) is 0 Å². The van der Waals surface area contributed by atoms with E-state index in [1.807, 2.05) is 37.3 Å². The minimum absolute atomic E-state index is 0.0838. The van der Waals surface area contributed by atoms with Crippen LogP contribution in [-0.4, -0.2) is 25.2 Å². The standard InChI is InChI=1S/C23H27NO3S/c1-18-11-13-20(14-12-18)28(26,27)24-17-21(19-9-5-4-6-10-19)23(22(24)25)15-7-2-3-8-16-23/h4-6,9-14,21H,2-3,7-8,15-17H2,1H3/t21-/m0/s1. The van der Waals surface area contributed by atoms with Crippen molar-refractivity contribution in [1.82, 2.24) is 4.31 Å². The molecule has 2 fully saturated rings. The van der Waals surface area contributed by atoms with Gasteiger partial charge < -0.3 is 0 Å². The topological polar surface area (TPSA) is 54.5 Å². The molecule has 1 heterocycles. The maximum absolute atomic E-state index is 13.7. The van der Waals surface area contributed by atoms with Crippen LogP contribution in [0.15, 0.2) is 59.5 Å². The van der Waals surface area contributed by atoms with E-state index in [0.29, 0.717) is 0 Å². The summed E-state index contributed by atoms with van der Waals surface area (Å²) in [5, 5.41) is 0. The quantitative estimate of drug-likeness (QED) is 0.757. The third-order valence-corrected chi connectivity index (χ3v) is 8.24. The first-order valence-electron chi connectivity index (χ1n) is 10.1. The van der Waals surface area contributed by atoms with Crippen LogP contribution in [0.2, 0.25) is 0 Å². The lowest BCUT2D eigenvalue weighted by Crippen LogP contribution is -2.38. The molecular formula is C23H27NO3S. The van der Waals surface area contributed by atoms with Crippen LogP contribution in [-0.2, 0) is 14.8 Å². The first-order chi connectivity index (χ1) is 13.4. The Morgan fingerprint density at radius 3 is 2.11 bits per heavy atom. The monoisotopic (exact) mass is 397 g/mol. The molecule has 0 unspecified atom stereocenters. The van der Waals surface area contributed by atoms with E-state index in [1.54, 1.807) is 24.3 Å². The molecule has 0 N–H and O–H groups in total. The number of hydrogen-bond donors (Lipinski definition) is 0. The Morgan fingerprint density at radius 1 is 0.893 bits per heavy atom. The summed E-state index contributed by atoms with van der Waals surface area (Å²) < 4.78 is 27.9. The zero-order chi connectivity index (χ0) is 19.8. The Bertz CT molecular complexity index is 943. The normalized spacial score (nSPS) is 22.4. The molecule has 1 aliphatic carbocycles. The van der Waals surface area contributed by atoms with E-state index in [0.717, 1.165) is 49.7 Å². The number of carbonyl (C=O) groups excluding carboxylic acids is 1. The molecule has 2 aliphatic rings. The highest BCUT2D eigenvalue weighted by Gasteiger charge is 2.56. The second-order valence-corrected chi connectivity index (χ2v) is 10.1. The van der Waals surface area contributed by atoms with Gasteiger partial charge in [-0.3, -0.25) is 4.79 Å². The lowest BCUT2D eigenvalue weighted by Gasteiger charge is -2.31. The van der Waals surface area contributed by atoms with Crippen LogP contribution in [0.25, 0.3) is 0 Å². The second-order valence-electron chi connectivity index (χ2n) is 8.19. The van der Waals surface area contributed by atoms with Crippen LogP contribution in [0.4, 0.5) is 0 Å². The van der Waals surface area contributed by atoms with Crippen LogP contribution in [0.5, 0.6) is 0 Å². The molecule has 1 amide bonds. The predicted molar refractivity (Wildman–Crippen MR) is 109 cm³/mol. The Labute approximate surface area is 167 Å². The van der Waals surface area contributed by atoms with Crippen LogP contribution >= 0.6 is 0 Å². The van der Waals surface area contributed by atoms with E-state index in [9.17, 15) is 13.2 Å². The lowest BCUT2D eigenvalue weighted by molar-refractivity contribution is -0.133. The number of amides is 1. The van der Waals surface area contributed by atoms with E-state index >= 15 is 0 Å². The number of carbonyl (C=O) groups is 1. The van der Waals surface area contributed by atoms with Crippen LogP contribution in [0.1, 0.15) is 55.6 Å². The van der Waals surface area contributed by atoms with Crippen molar-refractivity contribution in [2.45, 2.75) is 56.3 Å². The highest BCUT2D eigenvalue weighted by atomic mass is 32.2. The van der Waals surface area contributed by atoms with Gasteiger partial charge in [0.25, 0.3) is 10.0 Å². The van der Waals surface area contributed by atoms with Gasteiger partial charge in [0, 0.05) is 12.5 Å². The summed E-state index contributed by atoms with van der Waals surface area (Å²) in [5.41, 5.74) is 1.46. The number of nitrogens with zero attached hydrogens (tertiary/aromatic N) is 1. The Balaban J connectivity index is 1.78. The molecule has 5 heteroatoms. The zero-order valence-corrected chi connectivity index (χ0v) is 17.1.